The van der Waals surface area contributed by atoms with Crippen LogP contribution in [0, 0.1) is 0 Å². The minimum atomic E-state index is -0.519. The minimum absolute atomic E-state index is 0.225. The number of benzene rings is 3. The quantitative estimate of drug-likeness (QED) is 0.504. The Balaban J connectivity index is 1.79. The van der Waals surface area contributed by atoms with Crippen LogP contribution in [0.2, 0.25) is 5.02 Å². The first-order chi connectivity index (χ1) is 16.0. The van der Waals surface area contributed by atoms with Crippen LogP contribution in [0.5, 0.6) is 17.2 Å². The maximum atomic E-state index is 13.3. The second-order valence-electron chi connectivity index (χ2n) is 7.56. The number of hydrogen-bond donors (Lipinski definition) is 1. The molecule has 3 aromatic rings. The van der Waals surface area contributed by atoms with Crippen LogP contribution in [-0.4, -0.2) is 37.2 Å². The molecule has 0 radical (unpaired) electrons. The molecule has 1 N–H and O–H groups in total. The van der Waals surface area contributed by atoms with Gasteiger partial charge in [-0.15, -0.1) is 0 Å². The van der Waals surface area contributed by atoms with Gasteiger partial charge in [0.2, 0.25) is 0 Å². The Labute approximate surface area is 197 Å². The summed E-state index contributed by atoms with van der Waals surface area (Å²) in [5.41, 5.74) is 2.87. The maximum absolute atomic E-state index is 13.3. The highest BCUT2D eigenvalue weighted by molar-refractivity contribution is 6.30. The summed E-state index contributed by atoms with van der Waals surface area (Å²) in [6.45, 7) is 0.225. The van der Waals surface area contributed by atoms with Gasteiger partial charge in [0.05, 0.1) is 33.9 Å². The molecule has 0 aromatic heterocycles. The van der Waals surface area contributed by atoms with Crippen molar-refractivity contribution in [3.63, 3.8) is 0 Å². The topological polar surface area (TPSA) is 68.2 Å². The van der Waals surface area contributed by atoms with E-state index in [0.717, 1.165) is 16.7 Å². The fourth-order valence-corrected chi connectivity index (χ4v) is 4.17. The second-order valence-corrected chi connectivity index (χ2v) is 7.99. The summed E-state index contributed by atoms with van der Waals surface area (Å²) in [5, 5.41) is 11.5. The Morgan fingerprint density at radius 1 is 0.879 bits per heavy atom. The lowest BCUT2D eigenvalue weighted by atomic mass is 9.93. The first-order valence-electron chi connectivity index (χ1n) is 10.3. The number of rotatable bonds is 7. The number of nitrogens with zero attached hydrogens (tertiary/aromatic N) is 1. The van der Waals surface area contributed by atoms with Crippen LogP contribution in [0.1, 0.15) is 22.7 Å². The SMILES string of the molecule is COc1ccc(C2=C(O)C(=O)N(Cc3ccc(OC)cc3OC)[C@H]2c2ccc(Cl)cc2)cc1. The van der Waals surface area contributed by atoms with Gasteiger partial charge >= 0.3 is 0 Å². The van der Waals surface area contributed by atoms with Gasteiger partial charge in [0.25, 0.3) is 5.91 Å². The highest BCUT2D eigenvalue weighted by Crippen LogP contribution is 2.45. The molecule has 0 fully saturated rings. The van der Waals surface area contributed by atoms with Gasteiger partial charge in [-0.25, -0.2) is 0 Å². The molecule has 6 nitrogen and oxygen atoms in total. The maximum Gasteiger partial charge on any atom is 0.290 e. The van der Waals surface area contributed by atoms with E-state index in [9.17, 15) is 9.90 Å². The average molecular weight is 466 g/mol. The van der Waals surface area contributed by atoms with Gasteiger partial charge in [-0.05, 0) is 47.5 Å². The predicted molar refractivity (Wildman–Crippen MR) is 127 cm³/mol. The zero-order valence-electron chi connectivity index (χ0n) is 18.5. The molecule has 0 saturated carbocycles. The van der Waals surface area contributed by atoms with E-state index >= 15 is 0 Å². The Hall–Kier alpha value is -3.64. The molecule has 170 valence electrons. The molecule has 0 saturated heterocycles. The summed E-state index contributed by atoms with van der Waals surface area (Å²) in [5.74, 6) is 1.18. The van der Waals surface area contributed by atoms with Crippen molar-refractivity contribution in [2.24, 2.45) is 0 Å². The van der Waals surface area contributed by atoms with Gasteiger partial charge in [-0.2, -0.15) is 0 Å². The van der Waals surface area contributed by atoms with E-state index in [-0.39, 0.29) is 12.3 Å². The van der Waals surface area contributed by atoms with Crippen LogP contribution in [-0.2, 0) is 11.3 Å². The number of ether oxygens (including phenoxy) is 3. The molecule has 33 heavy (non-hydrogen) atoms. The van der Waals surface area contributed by atoms with Crippen molar-refractivity contribution in [1.82, 2.24) is 4.90 Å². The molecule has 0 aliphatic carbocycles. The van der Waals surface area contributed by atoms with E-state index in [1.807, 2.05) is 36.4 Å². The Morgan fingerprint density at radius 2 is 1.52 bits per heavy atom. The lowest BCUT2D eigenvalue weighted by Gasteiger charge is -2.28. The van der Waals surface area contributed by atoms with Crippen molar-refractivity contribution in [3.05, 3.63) is 94.2 Å². The highest BCUT2D eigenvalue weighted by atomic mass is 35.5. The number of carbonyl (C=O) groups excluding carboxylic acids is 1. The van der Waals surface area contributed by atoms with Crippen LogP contribution >= 0.6 is 11.6 Å². The van der Waals surface area contributed by atoms with E-state index in [1.165, 1.54) is 0 Å². The molecule has 0 spiro atoms. The van der Waals surface area contributed by atoms with Crippen molar-refractivity contribution >= 4 is 23.1 Å². The summed E-state index contributed by atoms with van der Waals surface area (Å²) in [7, 11) is 4.74. The standard InChI is InChI=1S/C26H24ClNO5/c1-31-20-11-6-16(7-12-20)23-24(17-4-9-19(27)10-5-17)28(26(30)25(23)29)15-18-8-13-21(32-2)14-22(18)33-3/h4-14,24,29H,15H2,1-3H3/t24-/m0/s1. The summed E-state index contributed by atoms with van der Waals surface area (Å²) in [4.78, 5) is 14.9. The molecule has 4 rings (SSSR count). The normalized spacial score (nSPS) is 15.7. The monoisotopic (exact) mass is 465 g/mol. The molecule has 1 heterocycles. The van der Waals surface area contributed by atoms with E-state index < -0.39 is 11.9 Å². The van der Waals surface area contributed by atoms with Crippen molar-refractivity contribution in [1.29, 1.82) is 0 Å². The third-order valence-electron chi connectivity index (χ3n) is 5.73. The first-order valence-corrected chi connectivity index (χ1v) is 10.7. The highest BCUT2D eigenvalue weighted by Gasteiger charge is 2.41. The summed E-state index contributed by atoms with van der Waals surface area (Å²) in [6, 6.07) is 19.4. The molecular weight excluding hydrogens is 442 g/mol. The molecule has 1 amide bonds. The number of aliphatic hydroxyl groups excluding tert-OH is 1. The van der Waals surface area contributed by atoms with Crippen molar-refractivity contribution in [2.45, 2.75) is 12.6 Å². The van der Waals surface area contributed by atoms with Crippen molar-refractivity contribution in [2.75, 3.05) is 21.3 Å². The molecule has 1 aliphatic heterocycles. The number of amides is 1. The van der Waals surface area contributed by atoms with Gasteiger partial charge in [0.1, 0.15) is 17.2 Å². The van der Waals surface area contributed by atoms with E-state index in [0.29, 0.717) is 27.8 Å². The number of carbonyl (C=O) groups is 1. The largest absolute Gasteiger partial charge is 0.503 e. The van der Waals surface area contributed by atoms with E-state index in [1.54, 1.807) is 56.6 Å². The number of hydrogen-bond acceptors (Lipinski definition) is 5. The van der Waals surface area contributed by atoms with Gasteiger partial charge in [0.15, 0.2) is 5.76 Å². The van der Waals surface area contributed by atoms with E-state index in [2.05, 4.69) is 0 Å². The molecule has 7 heteroatoms. The molecule has 0 bridgehead atoms. The summed E-state index contributed by atoms with van der Waals surface area (Å²) >= 11 is 6.11. The zero-order valence-corrected chi connectivity index (χ0v) is 19.3. The van der Waals surface area contributed by atoms with Gasteiger partial charge in [0, 0.05) is 22.2 Å². The average Bonchev–Trinajstić information content (AvgIpc) is 3.09. The number of aliphatic hydroxyl groups is 1. The molecular formula is C26H24ClNO5. The Kier molecular flexibility index (Phi) is 6.47. The van der Waals surface area contributed by atoms with Gasteiger partial charge in [-0.3, -0.25) is 4.79 Å². The van der Waals surface area contributed by atoms with Crippen LogP contribution in [0.15, 0.2) is 72.5 Å². The Morgan fingerprint density at radius 3 is 2.12 bits per heavy atom. The second kappa shape index (κ2) is 9.46. The number of halogens is 1. The summed E-state index contributed by atoms with van der Waals surface area (Å²) in [6.07, 6.45) is 0. The molecule has 1 atom stereocenters. The van der Waals surface area contributed by atoms with Crippen molar-refractivity contribution < 1.29 is 24.1 Å². The lowest BCUT2D eigenvalue weighted by Crippen LogP contribution is -2.30. The van der Waals surface area contributed by atoms with Crippen LogP contribution in [0.3, 0.4) is 0 Å². The first kappa shape index (κ1) is 22.6. The van der Waals surface area contributed by atoms with Crippen LogP contribution in [0.25, 0.3) is 5.57 Å². The smallest absolute Gasteiger partial charge is 0.290 e. The van der Waals surface area contributed by atoms with Gasteiger partial charge < -0.3 is 24.2 Å². The fraction of sp³-hybridized carbons (Fsp3) is 0.192. The predicted octanol–water partition coefficient (Wildman–Crippen LogP) is 5.42. The minimum Gasteiger partial charge on any atom is -0.503 e. The molecule has 3 aromatic carbocycles. The number of methoxy groups -OCH3 is 3. The van der Waals surface area contributed by atoms with Gasteiger partial charge in [-0.1, -0.05) is 35.9 Å². The molecule has 1 aliphatic rings. The van der Waals surface area contributed by atoms with Crippen molar-refractivity contribution in [3.8, 4) is 17.2 Å². The fourth-order valence-electron chi connectivity index (χ4n) is 4.04. The van der Waals surface area contributed by atoms with E-state index in [4.69, 9.17) is 25.8 Å². The third-order valence-corrected chi connectivity index (χ3v) is 5.98. The zero-order chi connectivity index (χ0) is 23.5. The third kappa shape index (κ3) is 4.34. The van der Waals surface area contributed by atoms with Crippen LogP contribution in [0.4, 0.5) is 0 Å². The lowest BCUT2D eigenvalue weighted by molar-refractivity contribution is -0.130. The Bertz CT molecular complexity index is 1190. The molecule has 0 unspecified atom stereocenters. The summed E-state index contributed by atoms with van der Waals surface area (Å²) < 4.78 is 16.1. The van der Waals surface area contributed by atoms with Crippen LogP contribution < -0.4 is 14.2 Å².